The highest BCUT2D eigenvalue weighted by molar-refractivity contribution is 7.93. The third-order valence-corrected chi connectivity index (χ3v) is 6.41. The van der Waals surface area contributed by atoms with Gasteiger partial charge in [-0.3, -0.25) is 9.44 Å². The summed E-state index contributed by atoms with van der Waals surface area (Å²) < 4.78 is 80.0. The standard InChI is InChI=1S/C18H14F2N2O4S2/c19-13-4-8-17(9-5-13)27(23,24)21-15-2-1-3-16(12-15)22-28(25,26)18-10-6-14(20)7-11-18/h1-12,21-22H. The second-order valence-corrected chi connectivity index (χ2v) is 9.06. The van der Waals surface area contributed by atoms with Crippen molar-refractivity contribution in [3.63, 3.8) is 0 Å². The van der Waals surface area contributed by atoms with Gasteiger partial charge in [-0.25, -0.2) is 25.6 Å². The summed E-state index contributed by atoms with van der Waals surface area (Å²) in [4.78, 5) is -0.294. The predicted molar refractivity (Wildman–Crippen MR) is 101 cm³/mol. The van der Waals surface area contributed by atoms with Crippen LogP contribution in [0.2, 0.25) is 0 Å². The van der Waals surface area contributed by atoms with Gasteiger partial charge >= 0.3 is 0 Å². The lowest BCUT2D eigenvalue weighted by molar-refractivity contribution is 0.598. The first-order valence-corrected chi connectivity index (χ1v) is 10.8. The molecule has 0 spiro atoms. The molecule has 0 heterocycles. The SMILES string of the molecule is O=S(=O)(Nc1cccc(NS(=O)(=O)c2ccc(F)cc2)c1)c1ccc(F)cc1. The zero-order chi connectivity index (χ0) is 20.4. The Labute approximate surface area is 160 Å². The van der Waals surface area contributed by atoms with Crippen molar-refractivity contribution in [1.82, 2.24) is 0 Å². The van der Waals surface area contributed by atoms with Crippen molar-refractivity contribution in [3.8, 4) is 0 Å². The Balaban J connectivity index is 1.82. The summed E-state index contributed by atoms with van der Waals surface area (Å²) in [6.45, 7) is 0. The quantitative estimate of drug-likeness (QED) is 0.633. The Morgan fingerprint density at radius 2 is 0.929 bits per heavy atom. The fourth-order valence-electron chi connectivity index (χ4n) is 2.30. The van der Waals surface area contributed by atoms with Crippen molar-refractivity contribution >= 4 is 31.4 Å². The Morgan fingerprint density at radius 3 is 1.29 bits per heavy atom. The average Bonchev–Trinajstić information content (AvgIpc) is 2.62. The molecule has 0 atom stereocenters. The van der Waals surface area contributed by atoms with Crippen LogP contribution in [0.25, 0.3) is 0 Å². The van der Waals surface area contributed by atoms with Gasteiger partial charge in [0.25, 0.3) is 20.0 Å². The molecule has 0 saturated carbocycles. The van der Waals surface area contributed by atoms with Crippen LogP contribution in [0.3, 0.4) is 0 Å². The number of halogens is 2. The van der Waals surface area contributed by atoms with E-state index in [0.717, 1.165) is 48.5 Å². The molecule has 6 nitrogen and oxygen atoms in total. The summed E-state index contributed by atoms with van der Waals surface area (Å²) in [7, 11) is -7.97. The number of sulfonamides is 2. The average molecular weight is 424 g/mol. The van der Waals surface area contributed by atoms with Gasteiger partial charge in [0.1, 0.15) is 11.6 Å². The molecular formula is C18H14F2N2O4S2. The van der Waals surface area contributed by atoms with E-state index in [2.05, 4.69) is 9.44 Å². The van der Waals surface area contributed by atoms with Crippen LogP contribution in [0.15, 0.2) is 82.6 Å². The van der Waals surface area contributed by atoms with E-state index in [1.165, 1.54) is 24.3 Å². The first-order chi connectivity index (χ1) is 13.2. The van der Waals surface area contributed by atoms with Gasteiger partial charge in [0.05, 0.1) is 21.2 Å². The summed E-state index contributed by atoms with van der Waals surface area (Å²) in [6, 6.07) is 14.1. The largest absolute Gasteiger partial charge is 0.280 e. The molecule has 0 amide bonds. The Hall–Kier alpha value is -2.98. The van der Waals surface area contributed by atoms with E-state index < -0.39 is 31.7 Å². The topological polar surface area (TPSA) is 92.3 Å². The summed E-state index contributed by atoms with van der Waals surface area (Å²) in [5.41, 5.74) is 0.201. The van der Waals surface area contributed by atoms with E-state index in [-0.39, 0.29) is 21.2 Å². The van der Waals surface area contributed by atoms with Gasteiger partial charge in [-0.15, -0.1) is 0 Å². The third kappa shape index (κ3) is 4.65. The molecule has 0 radical (unpaired) electrons. The Kier molecular flexibility index (Phi) is 5.34. The number of hydrogen-bond acceptors (Lipinski definition) is 4. The van der Waals surface area contributed by atoms with E-state index >= 15 is 0 Å². The lowest BCUT2D eigenvalue weighted by atomic mass is 10.3. The van der Waals surface area contributed by atoms with Crippen LogP contribution in [0, 0.1) is 11.6 Å². The van der Waals surface area contributed by atoms with Crippen LogP contribution >= 0.6 is 0 Å². The Morgan fingerprint density at radius 1 is 0.571 bits per heavy atom. The molecule has 3 aromatic carbocycles. The highest BCUT2D eigenvalue weighted by Crippen LogP contribution is 2.22. The third-order valence-electron chi connectivity index (χ3n) is 3.61. The zero-order valence-corrected chi connectivity index (χ0v) is 15.8. The number of hydrogen-bond donors (Lipinski definition) is 2. The lowest BCUT2D eigenvalue weighted by Crippen LogP contribution is -2.15. The number of rotatable bonds is 6. The summed E-state index contributed by atoms with van der Waals surface area (Å²) in [6.07, 6.45) is 0. The van der Waals surface area contributed by atoms with Crippen molar-refractivity contribution in [3.05, 3.63) is 84.4 Å². The molecule has 0 saturated heterocycles. The maximum absolute atomic E-state index is 13.0. The van der Waals surface area contributed by atoms with Crippen LogP contribution in [0.5, 0.6) is 0 Å². The van der Waals surface area contributed by atoms with E-state index in [0.29, 0.717) is 0 Å². The van der Waals surface area contributed by atoms with Gasteiger partial charge in [0.2, 0.25) is 0 Å². The highest BCUT2D eigenvalue weighted by Gasteiger charge is 2.17. The van der Waals surface area contributed by atoms with Crippen LogP contribution in [-0.4, -0.2) is 16.8 Å². The molecule has 2 N–H and O–H groups in total. The minimum atomic E-state index is -3.98. The molecular weight excluding hydrogens is 410 g/mol. The smallest absolute Gasteiger partial charge is 0.261 e. The summed E-state index contributed by atoms with van der Waals surface area (Å²) in [5, 5.41) is 0. The molecule has 0 bridgehead atoms. The number of benzene rings is 3. The normalized spacial score (nSPS) is 11.8. The molecule has 146 valence electrons. The molecule has 0 unspecified atom stereocenters. The van der Waals surface area contributed by atoms with Crippen LogP contribution < -0.4 is 9.44 Å². The van der Waals surface area contributed by atoms with Crippen molar-refractivity contribution < 1.29 is 25.6 Å². The van der Waals surface area contributed by atoms with Gasteiger partial charge in [0.15, 0.2) is 0 Å². The predicted octanol–water partition coefficient (Wildman–Crippen LogP) is 3.57. The minimum absolute atomic E-state index is 0.101. The molecule has 0 aliphatic heterocycles. The molecule has 0 aromatic heterocycles. The van der Waals surface area contributed by atoms with Crippen LogP contribution in [0.1, 0.15) is 0 Å². The molecule has 28 heavy (non-hydrogen) atoms. The van der Waals surface area contributed by atoms with Gasteiger partial charge in [-0.05, 0) is 66.7 Å². The van der Waals surface area contributed by atoms with E-state index in [1.54, 1.807) is 0 Å². The fraction of sp³-hybridized carbons (Fsp3) is 0. The van der Waals surface area contributed by atoms with Gasteiger partial charge in [-0.2, -0.15) is 0 Å². The van der Waals surface area contributed by atoms with Crippen molar-refractivity contribution in [2.45, 2.75) is 9.79 Å². The number of nitrogens with one attached hydrogen (secondary N) is 2. The number of anilines is 2. The second-order valence-electron chi connectivity index (χ2n) is 5.70. The molecule has 3 aromatic rings. The van der Waals surface area contributed by atoms with Crippen LogP contribution in [0.4, 0.5) is 20.2 Å². The molecule has 3 rings (SSSR count). The maximum Gasteiger partial charge on any atom is 0.261 e. The fourth-order valence-corrected chi connectivity index (χ4v) is 4.40. The summed E-state index contributed by atoms with van der Waals surface area (Å²) in [5.74, 6) is -1.15. The van der Waals surface area contributed by atoms with Gasteiger partial charge in [0, 0.05) is 0 Å². The van der Waals surface area contributed by atoms with Crippen molar-refractivity contribution in [1.29, 1.82) is 0 Å². The highest BCUT2D eigenvalue weighted by atomic mass is 32.2. The van der Waals surface area contributed by atoms with E-state index in [4.69, 9.17) is 0 Å². The first kappa shape index (κ1) is 19.8. The van der Waals surface area contributed by atoms with E-state index in [9.17, 15) is 25.6 Å². The molecule has 0 fully saturated rings. The van der Waals surface area contributed by atoms with Gasteiger partial charge in [-0.1, -0.05) is 6.07 Å². The second kappa shape index (κ2) is 7.56. The molecule has 0 aliphatic rings. The molecule has 0 aliphatic carbocycles. The van der Waals surface area contributed by atoms with Crippen LogP contribution in [-0.2, 0) is 20.0 Å². The van der Waals surface area contributed by atoms with E-state index in [1.807, 2.05) is 0 Å². The monoisotopic (exact) mass is 424 g/mol. The summed E-state index contributed by atoms with van der Waals surface area (Å²) >= 11 is 0. The first-order valence-electron chi connectivity index (χ1n) is 7.83. The maximum atomic E-state index is 13.0. The van der Waals surface area contributed by atoms with Gasteiger partial charge < -0.3 is 0 Å². The van der Waals surface area contributed by atoms with Crippen molar-refractivity contribution in [2.75, 3.05) is 9.44 Å². The molecule has 10 heteroatoms. The lowest BCUT2D eigenvalue weighted by Gasteiger charge is -2.11. The van der Waals surface area contributed by atoms with Crippen molar-refractivity contribution in [2.24, 2.45) is 0 Å². The zero-order valence-electron chi connectivity index (χ0n) is 14.1. The Bertz CT molecular complexity index is 1100. The minimum Gasteiger partial charge on any atom is -0.280 e.